The summed E-state index contributed by atoms with van der Waals surface area (Å²) < 4.78 is 6.44. The highest BCUT2D eigenvalue weighted by Gasteiger charge is 2.34. The van der Waals surface area contributed by atoms with E-state index in [0.717, 1.165) is 11.4 Å². The lowest BCUT2D eigenvalue weighted by molar-refractivity contribution is -0.126. The minimum atomic E-state index is -0.415. The van der Waals surface area contributed by atoms with Crippen LogP contribution in [0.5, 0.6) is 5.75 Å². The highest BCUT2D eigenvalue weighted by atomic mass is 16.5. The Morgan fingerprint density at radius 1 is 1.22 bits per heavy atom. The molecule has 3 rings (SSSR count). The third kappa shape index (κ3) is 4.33. The molecular formula is C19H22N4O4. The maximum atomic E-state index is 12.4. The highest BCUT2D eigenvalue weighted by molar-refractivity contribution is 6.00. The molecule has 0 bridgehead atoms. The van der Waals surface area contributed by atoms with Crippen molar-refractivity contribution in [1.82, 2.24) is 15.1 Å². The monoisotopic (exact) mass is 370 g/mol. The summed E-state index contributed by atoms with van der Waals surface area (Å²) in [4.78, 5) is 38.0. The van der Waals surface area contributed by atoms with Gasteiger partial charge in [-0.05, 0) is 37.3 Å². The number of carbonyl (C=O) groups is 2. The van der Waals surface area contributed by atoms with Gasteiger partial charge in [-0.15, -0.1) is 0 Å². The molecule has 1 fully saturated rings. The molecule has 0 spiro atoms. The molecule has 2 aromatic rings. The lowest BCUT2D eigenvalue weighted by Gasteiger charge is -2.17. The number of nitrogens with zero attached hydrogens (tertiary/aromatic N) is 3. The predicted molar refractivity (Wildman–Crippen MR) is 99.7 cm³/mol. The van der Waals surface area contributed by atoms with Gasteiger partial charge in [0.25, 0.3) is 5.56 Å². The van der Waals surface area contributed by atoms with E-state index in [4.69, 9.17) is 4.74 Å². The van der Waals surface area contributed by atoms with Crippen molar-refractivity contribution in [3.63, 3.8) is 0 Å². The Morgan fingerprint density at radius 3 is 2.67 bits per heavy atom. The number of benzene rings is 1. The number of anilines is 1. The molecule has 1 aromatic carbocycles. The van der Waals surface area contributed by atoms with E-state index in [0.29, 0.717) is 12.3 Å². The molecule has 1 aliphatic heterocycles. The van der Waals surface area contributed by atoms with E-state index < -0.39 is 5.92 Å². The van der Waals surface area contributed by atoms with Gasteiger partial charge in [0.15, 0.2) is 0 Å². The van der Waals surface area contributed by atoms with Crippen LogP contribution in [0.1, 0.15) is 12.1 Å². The lowest BCUT2D eigenvalue weighted by Crippen LogP contribution is -2.36. The molecule has 2 heterocycles. The first-order chi connectivity index (χ1) is 13.0. The summed E-state index contributed by atoms with van der Waals surface area (Å²) in [5.74, 6) is 0.0124. The quantitative estimate of drug-likeness (QED) is 0.809. The van der Waals surface area contributed by atoms with Crippen LogP contribution >= 0.6 is 0 Å². The van der Waals surface area contributed by atoms with Crippen LogP contribution in [0.4, 0.5) is 5.69 Å². The van der Waals surface area contributed by atoms with Crippen LogP contribution in [0.25, 0.3) is 0 Å². The zero-order chi connectivity index (χ0) is 19.4. The molecule has 8 heteroatoms. The summed E-state index contributed by atoms with van der Waals surface area (Å²) in [6.07, 6.45) is 0.167. The van der Waals surface area contributed by atoms with Gasteiger partial charge in [-0.3, -0.25) is 14.4 Å². The SMILES string of the molecule is COc1ccc(N2CC(C(=O)NCCn3nc(C)ccc3=O)CC2=O)cc1. The molecule has 8 nitrogen and oxygen atoms in total. The van der Waals surface area contributed by atoms with Gasteiger partial charge in [0.2, 0.25) is 11.8 Å². The standard InChI is InChI=1S/C19H22N4O4/c1-13-3-8-17(24)23(21-13)10-9-20-19(26)14-11-18(25)22(12-14)15-4-6-16(27-2)7-5-15/h3-8,14H,9-12H2,1-2H3,(H,20,26). The molecule has 0 saturated carbocycles. The molecular weight excluding hydrogens is 348 g/mol. The average Bonchev–Trinajstić information content (AvgIpc) is 3.06. The van der Waals surface area contributed by atoms with Crippen LogP contribution in [0.2, 0.25) is 0 Å². The van der Waals surface area contributed by atoms with Crippen molar-refractivity contribution >= 4 is 17.5 Å². The molecule has 1 aromatic heterocycles. The fourth-order valence-electron chi connectivity index (χ4n) is 3.04. The van der Waals surface area contributed by atoms with Crippen LogP contribution in [-0.2, 0) is 16.1 Å². The molecule has 0 aliphatic carbocycles. The van der Waals surface area contributed by atoms with E-state index in [1.165, 1.54) is 10.7 Å². The molecule has 1 saturated heterocycles. The highest BCUT2D eigenvalue weighted by Crippen LogP contribution is 2.26. The normalized spacial score (nSPS) is 16.4. The second-order valence-corrected chi connectivity index (χ2v) is 6.43. The number of ether oxygens (including phenoxy) is 1. The van der Waals surface area contributed by atoms with Gasteiger partial charge in [0, 0.05) is 31.3 Å². The smallest absolute Gasteiger partial charge is 0.266 e. The molecule has 1 unspecified atom stereocenters. The Bertz CT molecular complexity index is 891. The van der Waals surface area contributed by atoms with E-state index >= 15 is 0 Å². The lowest BCUT2D eigenvalue weighted by atomic mass is 10.1. The van der Waals surface area contributed by atoms with Crippen molar-refractivity contribution in [2.75, 3.05) is 25.1 Å². The van der Waals surface area contributed by atoms with Gasteiger partial charge in [-0.1, -0.05) is 0 Å². The van der Waals surface area contributed by atoms with Crippen molar-refractivity contribution in [1.29, 1.82) is 0 Å². The van der Waals surface area contributed by atoms with Crippen molar-refractivity contribution in [2.45, 2.75) is 19.9 Å². The summed E-state index contributed by atoms with van der Waals surface area (Å²) in [5.41, 5.74) is 1.26. The molecule has 2 amide bonds. The van der Waals surface area contributed by atoms with E-state index in [2.05, 4.69) is 10.4 Å². The Morgan fingerprint density at radius 2 is 1.96 bits per heavy atom. The maximum Gasteiger partial charge on any atom is 0.266 e. The van der Waals surface area contributed by atoms with Gasteiger partial charge >= 0.3 is 0 Å². The molecule has 142 valence electrons. The summed E-state index contributed by atoms with van der Waals surface area (Å²) in [6.45, 7) is 2.70. The number of aryl methyl sites for hydroxylation is 1. The minimum Gasteiger partial charge on any atom is -0.497 e. The second-order valence-electron chi connectivity index (χ2n) is 6.43. The number of hydrogen-bond acceptors (Lipinski definition) is 5. The van der Waals surface area contributed by atoms with Crippen molar-refractivity contribution < 1.29 is 14.3 Å². The van der Waals surface area contributed by atoms with Gasteiger partial charge in [-0.25, -0.2) is 4.68 Å². The topological polar surface area (TPSA) is 93.5 Å². The summed E-state index contributed by atoms with van der Waals surface area (Å²) in [5, 5.41) is 6.92. The number of nitrogens with one attached hydrogen (secondary N) is 1. The van der Waals surface area contributed by atoms with Crippen LogP contribution in [0.15, 0.2) is 41.2 Å². The Labute approximate surface area is 156 Å². The minimum absolute atomic E-state index is 0.0862. The van der Waals surface area contributed by atoms with Gasteiger partial charge in [0.1, 0.15) is 5.75 Å². The molecule has 27 heavy (non-hydrogen) atoms. The van der Waals surface area contributed by atoms with Crippen LogP contribution in [0.3, 0.4) is 0 Å². The molecule has 0 radical (unpaired) electrons. The number of aromatic nitrogens is 2. The second kappa shape index (κ2) is 8.03. The van der Waals surface area contributed by atoms with Crippen LogP contribution < -0.4 is 20.5 Å². The Balaban J connectivity index is 1.55. The van der Waals surface area contributed by atoms with Crippen molar-refractivity contribution in [2.24, 2.45) is 5.92 Å². The average molecular weight is 370 g/mol. The first kappa shape index (κ1) is 18.6. The largest absolute Gasteiger partial charge is 0.497 e. The number of amides is 2. The zero-order valence-corrected chi connectivity index (χ0v) is 15.3. The fourth-order valence-corrected chi connectivity index (χ4v) is 3.04. The first-order valence-corrected chi connectivity index (χ1v) is 8.75. The fraction of sp³-hybridized carbons (Fsp3) is 0.368. The number of rotatable bonds is 6. The van der Waals surface area contributed by atoms with E-state index in [-0.39, 0.29) is 36.9 Å². The van der Waals surface area contributed by atoms with E-state index in [9.17, 15) is 14.4 Å². The van der Waals surface area contributed by atoms with Crippen LogP contribution in [0, 0.1) is 12.8 Å². The Kier molecular flexibility index (Phi) is 5.54. The summed E-state index contributed by atoms with van der Waals surface area (Å²) >= 11 is 0. The maximum absolute atomic E-state index is 12.4. The van der Waals surface area contributed by atoms with Gasteiger partial charge in [0.05, 0.1) is 25.3 Å². The van der Waals surface area contributed by atoms with Gasteiger partial charge in [-0.2, -0.15) is 5.10 Å². The Hall–Kier alpha value is -3.16. The number of carbonyl (C=O) groups excluding carboxylic acids is 2. The number of hydrogen-bond donors (Lipinski definition) is 1. The van der Waals surface area contributed by atoms with E-state index in [1.54, 1.807) is 49.3 Å². The summed E-state index contributed by atoms with van der Waals surface area (Å²) in [6, 6.07) is 10.3. The summed E-state index contributed by atoms with van der Waals surface area (Å²) in [7, 11) is 1.58. The molecule has 1 N–H and O–H groups in total. The van der Waals surface area contributed by atoms with Crippen molar-refractivity contribution in [3.05, 3.63) is 52.4 Å². The third-order valence-corrected chi connectivity index (χ3v) is 4.50. The first-order valence-electron chi connectivity index (χ1n) is 8.75. The van der Waals surface area contributed by atoms with E-state index in [1.807, 2.05) is 0 Å². The zero-order valence-electron chi connectivity index (χ0n) is 15.3. The van der Waals surface area contributed by atoms with Crippen molar-refractivity contribution in [3.8, 4) is 5.75 Å². The van der Waals surface area contributed by atoms with Gasteiger partial charge < -0.3 is 15.0 Å². The molecule has 1 atom stereocenters. The van der Waals surface area contributed by atoms with Crippen LogP contribution in [-0.4, -0.2) is 41.8 Å². The third-order valence-electron chi connectivity index (χ3n) is 4.50. The number of methoxy groups -OCH3 is 1. The predicted octanol–water partition coefficient (Wildman–Crippen LogP) is 0.730. The molecule has 1 aliphatic rings.